The van der Waals surface area contributed by atoms with Crippen molar-refractivity contribution in [1.29, 1.82) is 0 Å². The zero-order chi connectivity index (χ0) is 8.77. The summed E-state index contributed by atoms with van der Waals surface area (Å²) in [4.78, 5) is 10.6. The Kier molecular flexibility index (Phi) is 1.65. The van der Waals surface area contributed by atoms with Crippen LogP contribution in [0.1, 0.15) is 32.1 Å². The van der Waals surface area contributed by atoms with Crippen molar-refractivity contribution in [1.82, 2.24) is 0 Å². The van der Waals surface area contributed by atoms with Gasteiger partial charge in [0.1, 0.15) is 0 Å². The van der Waals surface area contributed by atoms with Crippen molar-refractivity contribution in [2.24, 2.45) is 17.6 Å². The summed E-state index contributed by atoms with van der Waals surface area (Å²) in [5, 5.41) is 8.69. The molecular formula is C9H15NO2. The molecule has 68 valence electrons. The molecule has 3 N–H and O–H groups in total. The van der Waals surface area contributed by atoms with Crippen LogP contribution >= 0.6 is 0 Å². The molecule has 3 fully saturated rings. The van der Waals surface area contributed by atoms with Crippen LogP contribution in [0.4, 0.5) is 0 Å². The number of carboxylic acid groups (broad SMARTS) is 1. The van der Waals surface area contributed by atoms with Crippen LogP contribution in [0.25, 0.3) is 0 Å². The molecule has 0 amide bonds. The lowest BCUT2D eigenvalue weighted by Crippen LogP contribution is -2.57. The average molecular weight is 169 g/mol. The van der Waals surface area contributed by atoms with Crippen molar-refractivity contribution in [3.05, 3.63) is 0 Å². The van der Waals surface area contributed by atoms with E-state index in [0.717, 1.165) is 18.8 Å². The molecule has 0 aromatic heterocycles. The van der Waals surface area contributed by atoms with Gasteiger partial charge in [-0.3, -0.25) is 4.79 Å². The first kappa shape index (κ1) is 8.05. The topological polar surface area (TPSA) is 63.3 Å². The Morgan fingerprint density at radius 1 is 1.58 bits per heavy atom. The minimum atomic E-state index is -0.747. The Morgan fingerprint density at radius 2 is 2.25 bits per heavy atom. The van der Waals surface area contributed by atoms with Crippen molar-refractivity contribution in [3.8, 4) is 0 Å². The highest BCUT2D eigenvalue weighted by molar-refractivity contribution is 5.68. The first-order valence-corrected chi connectivity index (χ1v) is 4.61. The largest absolute Gasteiger partial charge is 0.481 e. The summed E-state index contributed by atoms with van der Waals surface area (Å²) in [6, 6.07) is 0. The number of hydrogen-bond acceptors (Lipinski definition) is 2. The number of fused-ring (bicyclic) bond motifs is 2. The van der Waals surface area contributed by atoms with E-state index in [1.807, 2.05) is 0 Å². The summed E-state index contributed by atoms with van der Waals surface area (Å²) >= 11 is 0. The van der Waals surface area contributed by atoms with E-state index in [4.69, 9.17) is 10.8 Å². The number of nitrogens with two attached hydrogens (primary N) is 1. The van der Waals surface area contributed by atoms with Gasteiger partial charge < -0.3 is 10.8 Å². The number of rotatable bonds is 2. The van der Waals surface area contributed by atoms with Gasteiger partial charge in [-0.05, 0) is 37.5 Å². The molecule has 3 nitrogen and oxygen atoms in total. The summed E-state index contributed by atoms with van der Waals surface area (Å²) in [5.41, 5.74) is 5.69. The van der Waals surface area contributed by atoms with E-state index in [0.29, 0.717) is 5.92 Å². The predicted molar refractivity (Wildman–Crippen MR) is 44.6 cm³/mol. The lowest BCUT2D eigenvalue weighted by Gasteiger charge is -2.52. The molecule has 0 saturated heterocycles. The lowest BCUT2D eigenvalue weighted by atomic mass is 9.55. The summed E-state index contributed by atoms with van der Waals surface area (Å²) in [6.45, 7) is 0. The van der Waals surface area contributed by atoms with Crippen molar-refractivity contribution in [2.45, 2.75) is 37.6 Å². The normalized spacial score (nSPS) is 45.1. The zero-order valence-corrected chi connectivity index (χ0v) is 7.12. The first-order chi connectivity index (χ1) is 5.60. The second-order valence-corrected chi connectivity index (χ2v) is 4.38. The van der Waals surface area contributed by atoms with Gasteiger partial charge in [0.2, 0.25) is 0 Å². The maximum absolute atomic E-state index is 10.6. The Hall–Kier alpha value is -0.570. The molecule has 2 bridgehead atoms. The van der Waals surface area contributed by atoms with Crippen LogP contribution in [0.15, 0.2) is 0 Å². The van der Waals surface area contributed by atoms with Crippen molar-refractivity contribution < 1.29 is 9.90 Å². The van der Waals surface area contributed by atoms with Gasteiger partial charge in [-0.15, -0.1) is 0 Å². The molecule has 3 heteroatoms. The fraction of sp³-hybridized carbons (Fsp3) is 0.889. The molecule has 0 aromatic rings. The molecule has 1 unspecified atom stereocenters. The Labute approximate surface area is 71.9 Å². The van der Waals surface area contributed by atoms with Crippen LogP contribution < -0.4 is 5.73 Å². The smallest absolute Gasteiger partial charge is 0.305 e. The molecule has 12 heavy (non-hydrogen) atoms. The standard InChI is InChI=1S/C9H15NO2/c10-9(5-8(11)12)2-1-6-3-7(9)4-6/h6-7H,1-5,10H2,(H,11,12). The molecular weight excluding hydrogens is 154 g/mol. The molecule has 0 aromatic carbocycles. The number of carbonyl (C=O) groups is 1. The first-order valence-electron chi connectivity index (χ1n) is 4.61. The van der Waals surface area contributed by atoms with Crippen LogP contribution in [-0.4, -0.2) is 16.6 Å². The summed E-state index contributed by atoms with van der Waals surface area (Å²) < 4.78 is 0. The van der Waals surface area contributed by atoms with E-state index >= 15 is 0 Å². The van der Waals surface area contributed by atoms with Gasteiger partial charge >= 0.3 is 5.97 Å². The van der Waals surface area contributed by atoms with Gasteiger partial charge in [-0.1, -0.05) is 0 Å². The van der Waals surface area contributed by atoms with E-state index in [1.54, 1.807) is 0 Å². The minimum absolute atomic E-state index is 0.157. The summed E-state index contributed by atoms with van der Waals surface area (Å²) in [5.74, 6) is 0.607. The number of hydrogen-bond donors (Lipinski definition) is 2. The van der Waals surface area contributed by atoms with Crippen LogP contribution in [0.2, 0.25) is 0 Å². The third-order valence-corrected chi connectivity index (χ3v) is 3.55. The van der Waals surface area contributed by atoms with E-state index in [9.17, 15) is 4.79 Å². The third kappa shape index (κ3) is 1.12. The molecule has 3 rings (SSSR count). The summed E-state index contributed by atoms with van der Waals surface area (Å²) in [6.07, 6.45) is 4.55. The number of aliphatic carboxylic acids is 1. The van der Waals surface area contributed by atoms with Crippen LogP contribution in [-0.2, 0) is 4.79 Å². The number of carboxylic acids is 1. The van der Waals surface area contributed by atoms with E-state index in [1.165, 1.54) is 12.8 Å². The monoisotopic (exact) mass is 169 g/mol. The predicted octanol–water partition coefficient (Wildman–Crippen LogP) is 0.979. The highest BCUT2D eigenvalue weighted by Crippen LogP contribution is 2.51. The lowest BCUT2D eigenvalue weighted by molar-refractivity contribution is -0.140. The van der Waals surface area contributed by atoms with Crippen LogP contribution in [0.3, 0.4) is 0 Å². The molecule has 3 aliphatic rings. The SMILES string of the molecule is NC1(CC(=O)O)CCC2CC1C2. The van der Waals surface area contributed by atoms with Gasteiger partial charge in [0.25, 0.3) is 0 Å². The fourth-order valence-corrected chi connectivity index (χ4v) is 2.63. The minimum Gasteiger partial charge on any atom is -0.481 e. The molecule has 3 aliphatic carbocycles. The Balaban J connectivity index is 2.03. The average Bonchev–Trinajstić information content (AvgIpc) is 1.80. The van der Waals surface area contributed by atoms with Gasteiger partial charge in [-0.2, -0.15) is 0 Å². The van der Waals surface area contributed by atoms with Gasteiger partial charge in [0, 0.05) is 5.54 Å². The highest BCUT2D eigenvalue weighted by atomic mass is 16.4. The van der Waals surface area contributed by atoms with Crippen molar-refractivity contribution >= 4 is 5.97 Å². The van der Waals surface area contributed by atoms with Gasteiger partial charge in [0.15, 0.2) is 0 Å². The molecule has 0 spiro atoms. The van der Waals surface area contributed by atoms with Gasteiger partial charge in [0.05, 0.1) is 6.42 Å². The van der Waals surface area contributed by atoms with Gasteiger partial charge in [-0.25, -0.2) is 0 Å². The quantitative estimate of drug-likeness (QED) is 0.647. The second kappa shape index (κ2) is 2.46. The van der Waals surface area contributed by atoms with Crippen molar-refractivity contribution in [2.75, 3.05) is 0 Å². The van der Waals surface area contributed by atoms with E-state index in [-0.39, 0.29) is 12.0 Å². The molecule has 0 aliphatic heterocycles. The molecule has 0 heterocycles. The maximum Gasteiger partial charge on any atom is 0.305 e. The summed E-state index contributed by atoms with van der Waals surface area (Å²) in [7, 11) is 0. The van der Waals surface area contributed by atoms with Crippen molar-refractivity contribution in [3.63, 3.8) is 0 Å². The highest BCUT2D eigenvalue weighted by Gasteiger charge is 2.48. The fourth-order valence-electron chi connectivity index (χ4n) is 2.63. The second-order valence-electron chi connectivity index (χ2n) is 4.38. The molecule has 3 saturated carbocycles. The molecule has 1 atom stereocenters. The molecule has 0 radical (unpaired) electrons. The zero-order valence-electron chi connectivity index (χ0n) is 7.12. The van der Waals surface area contributed by atoms with E-state index in [2.05, 4.69) is 0 Å². The Bertz CT molecular complexity index is 208. The maximum atomic E-state index is 10.6. The van der Waals surface area contributed by atoms with Crippen LogP contribution in [0.5, 0.6) is 0 Å². The third-order valence-electron chi connectivity index (χ3n) is 3.55. The van der Waals surface area contributed by atoms with E-state index < -0.39 is 5.97 Å². The van der Waals surface area contributed by atoms with Crippen LogP contribution in [0, 0.1) is 11.8 Å². The Morgan fingerprint density at radius 3 is 2.67 bits per heavy atom.